The van der Waals surface area contributed by atoms with Crippen molar-refractivity contribution in [2.24, 2.45) is 0 Å². The normalized spacial score (nSPS) is 9.86. The first-order valence-electron chi connectivity index (χ1n) is 6.59. The molecular weight excluding hydrogens is 325 g/mol. The number of rotatable bonds is 7. The highest BCUT2D eigenvalue weighted by atomic mass is 35.5. The predicted molar refractivity (Wildman–Crippen MR) is 92.0 cm³/mol. The van der Waals surface area contributed by atoms with E-state index in [4.69, 9.17) is 11.6 Å². The van der Waals surface area contributed by atoms with Crippen LogP contribution in [-0.4, -0.2) is 18.0 Å². The fourth-order valence-corrected chi connectivity index (χ4v) is 2.12. The largest absolute Gasteiger partial charge is 0.383 e. The molecule has 0 aliphatic carbocycles. The van der Waals surface area contributed by atoms with Crippen LogP contribution in [0, 0.1) is 10.1 Å². The number of hydrogen-bond donors (Lipinski definition) is 2. The summed E-state index contributed by atoms with van der Waals surface area (Å²) in [5, 5.41) is 17.4. The number of nitro benzene ring substituents is 1. The van der Waals surface area contributed by atoms with Crippen molar-refractivity contribution in [3.63, 3.8) is 0 Å². The van der Waals surface area contributed by atoms with E-state index >= 15 is 0 Å². The summed E-state index contributed by atoms with van der Waals surface area (Å²) >= 11 is 5.99. The molecule has 0 fully saturated rings. The second-order valence-corrected chi connectivity index (χ2v) is 4.92. The lowest BCUT2D eigenvalue weighted by atomic mass is 10.2. The van der Waals surface area contributed by atoms with Crippen molar-refractivity contribution in [1.29, 1.82) is 0 Å². The first-order chi connectivity index (χ1) is 10.2. The van der Waals surface area contributed by atoms with Crippen LogP contribution in [-0.2, 0) is 6.54 Å². The van der Waals surface area contributed by atoms with Crippen LogP contribution in [0.25, 0.3) is 0 Å². The molecule has 2 rings (SSSR count). The molecule has 0 unspecified atom stereocenters. The Morgan fingerprint density at radius 1 is 1.09 bits per heavy atom. The first-order valence-corrected chi connectivity index (χ1v) is 6.97. The van der Waals surface area contributed by atoms with E-state index in [1.165, 1.54) is 17.7 Å². The van der Waals surface area contributed by atoms with Gasteiger partial charge in [0.15, 0.2) is 0 Å². The average molecular weight is 342 g/mol. The summed E-state index contributed by atoms with van der Waals surface area (Å²) in [6.07, 6.45) is 0. The van der Waals surface area contributed by atoms with Gasteiger partial charge in [-0.15, -0.1) is 12.4 Å². The zero-order valence-corrected chi connectivity index (χ0v) is 13.4. The van der Waals surface area contributed by atoms with Gasteiger partial charge in [0.25, 0.3) is 5.69 Å². The van der Waals surface area contributed by atoms with Gasteiger partial charge in [0.1, 0.15) is 0 Å². The molecule has 118 valence electrons. The quantitative estimate of drug-likeness (QED) is 0.455. The Labute approximate surface area is 140 Å². The second-order valence-electron chi connectivity index (χ2n) is 4.51. The number of benzene rings is 2. The summed E-state index contributed by atoms with van der Waals surface area (Å²) in [5.74, 6) is 0. The predicted octanol–water partition coefficient (Wildman–Crippen LogP) is 3.87. The lowest BCUT2D eigenvalue weighted by Crippen LogP contribution is -2.21. The van der Waals surface area contributed by atoms with Gasteiger partial charge in [-0.3, -0.25) is 10.1 Å². The maximum absolute atomic E-state index is 10.6. The number of anilines is 1. The van der Waals surface area contributed by atoms with Crippen molar-refractivity contribution in [2.75, 3.05) is 18.4 Å². The second kappa shape index (κ2) is 9.25. The van der Waals surface area contributed by atoms with Gasteiger partial charge < -0.3 is 10.6 Å². The molecular formula is C15H17Cl2N3O2. The van der Waals surface area contributed by atoms with Gasteiger partial charge in [-0.05, 0) is 11.6 Å². The summed E-state index contributed by atoms with van der Waals surface area (Å²) < 4.78 is 0. The zero-order chi connectivity index (χ0) is 15.1. The van der Waals surface area contributed by atoms with Crippen LogP contribution in [0.1, 0.15) is 5.56 Å². The molecule has 7 heteroatoms. The highest BCUT2D eigenvalue weighted by Gasteiger charge is 2.08. The summed E-state index contributed by atoms with van der Waals surface area (Å²) in [6.45, 7) is 2.25. The van der Waals surface area contributed by atoms with Crippen LogP contribution in [0.2, 0.25) is 5.02 Å². The molecule has 0 spiro atoms. The lowest BCUT2D eigenvalue weighted by molar-refractivity contribution is -0.384. The third-order valence-electron chi connectivity index (χ3n) is 2.95. The van der Waals surface area contributed by atoms with E-state index in [1.807, 2.05) is 18.2 Å². The Bertz CT molecular complexity index is 609. The Balaban J connectivity index is 0.00000242. The van der Waals surface area contributed by atoms with E-state index in [0.29, 0.717) is 17.3 Å². The van der Waals surface area contributed by atoms with Gasteiger partial charge in [0.2, 0.25) is 0 Å². The van der Waals surface area contributed by atoms with Crippen LogP contribution < -0.4 is 10.6 Å². The van der Waals surface area contributed by atoms with E-state index in [2.05, 4.69) is 22.8 Å². The minimum absolute atomic E-state index is 0. The van der Waals surface area contributed by atoms with Gasteiger partial charge in [-0.2, -0.15) is 0 Å². The van der Waals surface area contributed by atoms with Crippen molar-refractivity contribution in [3.8, 4) is 0 Å². The van der Waals surface area contributed by atoms with Crippen LogP contribution in [0.4, 0.5) is 11.4 Å². The van der Waals surface area contributed by atoms with E-state index in [0.717, 1.165) is 13.1 Å². The molecule has 0 radical (unpaired) electrons. The topological polar surface area (TPSA) is 67.2 Å². The number of halogens is 2. The van der Waals surface area contributed by atoms with Crippen molar-refractivity contribution in [1.82, 2.24) is 5.32 Å². The molecule has 2 N–H and O–H groups in total. The van der Waals surface area contributed by atoms with Crippen molar-refractivity contribution in [3.05, 3.63) is 69.2 Å². The molecule has 0 aliphatic heterocycles. The summed E-state index contributed by atoms with van der Waals surface area (Å²) in [7, 11) is 0. The Hall–Kier alpha value is -1.82. The molecule has 0 aliphatic rings. The molecule has 0 amide bonds. The number of hydrogen-bond acceptors (Lipinski definition) is 4. The zero-order valence-electron chi connectivity index (χ0n) is 11.8. The summed E-state index contributed by atoms with van der Waals surface area (Å²) in [6, 6.07) is 14.5. The smallest absolute Gasteiger partial charge is 0.271 e. The van der Waals surface area contributed by atoms with Gasteiger partial charge >= 0.3 is 0 Å². The average Bonchev–Trinajstić information content (AvgIpc) is 2.49. The van der Waals surface area contributed by atoms with E-state index < -0.39 is 4.92 Å². The number of nitrogens with zero attached hydrogens (tertiary/aromatic N) is 1. The van der Waals surface area contributed by atoms with Gasteiger partial charge in [-0.25, -0.2) is 0 Å². The highest BCUT2D eigenvalue weighted by Crippen LogP contribution is 2.26. The first kappa shape index (κ1) is 18.2. The third-order valence-corrected chi connectivity index (χ3v) is 3.27. The van der Waals surface area contributed by atoms with Crippen LogP contribution in [0.5, 0.6) is 0 Å². The fourth-order valence-electron chi connectivity index (χ4n) is 1.88. The van der Waals surface area contributed by atoms with Crippen LogP contribution in [0.15, 0.2) is 48.5 Å². The molecule has 0 saturated heterocycles. The Morgan fingerprint density at radius 2 is 1.82 bits per heavy atom. The standard InChI is InChI=1S/C15H16ClN3O2.ClH/c16-14-10-13(19(20)21)6-7-15(14)18-9-8-17-11-12-4-2-1-3-5-12;/h1-7,10,17-18H,8-9,11H2;1H. The third kappa shape index (κ3) is 5.52. The lowest BCUT2D eigenvalue weighted by Gasteiger charge is -2.09. The van der Waals surface area contributed by atoms with Gasteiger partial charge in [0, 0.05) is 31.8 Å². The van der Waals surface area contributed by atoms with E-state index in [-0.39, 0.29) is 18.1 Å². The van der Waals surface area contributed by atoms with Gasteiger partial charge in [0.05, 0.1) is 15.6 Å². The molecule has 2 aromatic rings. The van der Waals surface area contributed by atoms with Crippen LogP contribution in [0.3, 0.4) is 0 Å². The Kier molecular flexibility index (Phi) is 7.66. The summed E-state index contributed by atoms with van der Waals surface area (Å²) in [4.78, 5) is 10.2. The highest BCUT2D eigenvalue weighted by molar-refractivity contribution is 6.33. The fraction of sp³-hybridized carbons (Fsp3) is 0.200. The van der Waals surface area contributed by atoms with E-state index in [9.17, 15) is 10.1 Å². The molecule has 0 bridgehead atoms. The van der Waals surface area contributed by atoms with Crippen LogP contribution >= 0.6 is 24.0 Å². The van der Waals surface area contributed by atoms with E-state index in [1.54, 1.807) is 6.07 Å². The molecule has 22 heavy (non-hydrogen) atoms. The molecule has 5 nitrogen and oxygen atoms in total. The number of non-ortho nitro benzene ring substituents is 1. The van der Waals surface area contributed by atoms with Crippen molar-refractivity contribution < 1.29 is 4.92 Å². The molecule has 0 aromatic heterocycles. The summed E-state index contributed by atoms with van der Waals surface area (Å²) in [5.41, 5.74) is 1.92. The van der Waals surface area contributed by atoms with Crippen molar-refractivity contribution in [2.45, 2.75) is 6.54 Å². The Morgan fingerprint density at radius 3 is 2.45 bits per heavy atom. The molecule has 0 saturated carbocycles. The minimum atomic E-state index is -0.461. The SMILES string of the molecule is Cl.O=[N+]([O-])c1ccc(NCCNCc2ccccc2)c(Cl)c1. The molecule has 0 atom stereocenters. The maximum Gasteiger partial charge on any atom is 0.271 e. The number of nitro groups is 1. The maximum atomic E-state index is 10.6. The van der Waals surface area contributed by atoms with Gasteiger partial charge in [-0.1, -0.05) is 41.9 Å². The molecule has 0 heterocycles. The molecule has 2 aromatic carbocycles. The minimum Gasteiger partial charge on any atom is -0.383 e. The number of nitrogens with one attached hydrogen (secondary N) is 2. The van der Waals surface area contributed by atoms with Crippen molar-refractivity contribution >= 4 is 35.4 Å². The monoisotopic (exact) mass is 341 g/mol.